The number of carbonyl (C=O) groups is 3. The maximum absolute atomic E-state index is 13.3. The Kier molecular flexibility index (Phi) is 7.44. The Morgan fingerprint density at radius 2 is 1.70 bits per heavy atom. The molecule has 1 N–H and O–H groups in total. The second-order valence-corrected chi connectivity index (χ2v) is 10.5. The summed E-state index contributed by atoms with van der Waals surface area (Å²) in [7, 11) is -4.15. The molecule has 33 heavy (non-hydrogen) atoms. The van der Waals surface area contributed by atoms with E-state index in [1.165, 1.54) is 23.1 Å². The highest BCUT2D eigenvalue weighted by Crippen LogP contribution is 2.30. The molecule has 2 aromatic carbocycles. The van der Waals surface area contributed by atoms with Crippen LogP contribution in [0.15, 0.2) is 53.4 Å². The molecule has 1 atom stereocenters. The van der Waals surface area contributed by atoms with E-state index in [-0.39, 0.29) is 28.8 Å². The topological polar surface area (TPSA) is 104 Å². The van der Waals surface area contributed by atoms with Crippen molar-refractivity contribution in [2.24, 2.45) is 5.92 Å². The van der Waals surface area contributed by atoms with E-state index in [0.29, 0.717) is 21.4 Å². The van der Waals surface area contributed by atoms with E-state index < -0.39 is 34.4 Å². The molecule has 1 heterocycles. The number of fused-ring (bicyclic) bond motifs is 1. The van der Waals surface area contributed by atoms with Gasteiger partial charge in [0.25, 0.3) is 15.9 Å². The van der Waals surface area contributed by atoms with Gasteiger partial charge in [0.2, 0.25) is 11.8 Å². The van der Waals surface area contributed by atoms with Crippen molar-refractivity contribution in [2.45, 2.75) is 38.3 Å². The van der Waals surface area contributed by atoms with Crippen LogP contribution in [0.1, 0.15) is 36.7 Å². The average Bonchev–Trinajstić information content (AvgIpc) is 2.97. The summed E-state index contributed by atoms with van der Waals surface area (Å²) in [5, 5.41) is 3.31. The predicted molar refractivity (Wildman–Crippen MR) is 124 cm³/mol. The molecular weight excluding hydrogens is 466 g/mol. The summed E-state index contributed by atoms with van der Waals surface area (Å²) in [6.45, 7) is 5.23. The molecule has 0 bridgehead atoms. The number of halogens is 1. The van der Waals surface area contributed by atoms with Crippen molar-refractivity contribution >= 4 is 39.3 Å². The molecule has 1 aliphatic heterocycles. The number of sulfonamides is 1. The molecule has 0 saturated heterocycles. The minimum atomic E-state index is -4.15. The first-order chi connectivity index (χ1) is 15.5. The number of amides is 3. The maximum atomic E-state index is 13.3. The van der Waals surface area contributed by atoms with Crippen LogP contribution in [0.5, 0.6) is 0 Å². The molecule has 0 fully saturated rings. The lowest BCUT2D eigenvalue weighted by Gasteiger charge is -2.30. The number of nitrogens with one attached hydrogen (secondary N) is 1. The predicted octanol–water partition coefficient (Wildman–Crippen LogP) is 2.67. The zero-order chi connectivity index (χ0) is 24.3. The Morgan fingerprint density at radius 3 is 2.30 bits per heavy atom. The fourth-order valence-corrected chi connectivity index (χ4v) is 5.07. The standard InChI is InChI=1S/C23H26ClN3O5S/c1-15(2)12-25-22(29)16(3)26(13-17-8-10-18(24)11-9-17)21(28)14-27-23(30)19-6-4-5-7-20(19)33(27,31)32/h4-11,15-16H,12-14H2,1-3H3,(H,25,29)/t16-/m0/s1. The van der Waals surface area contributed by atoms with Gasteiger partial charge in [0, 0.05) is 18.1 Å². The number of rotatable bonds is 8. The lowest BCUT2D eigenvalue weighted by atomic mass is 10.1. The van der Waals surface area contributed by atoms with Gasteiger partial charge in [-0.2, -0.15) is 0 Å². The van der Waals surface area contributed by atoms with Crippen LogP contribution in [-0.4, -0.2) is 54.5 Å². The van der Waals surface area contributed by atoms with Gasteiger partial charge in [0.1, 0.15) is 17.5 Å². The summed E-state index contributed by atoms with van der Waals surface area (Å²) >= 11 is 5.94. The summed E-state index contributed by atoms with van der Waals surface area (Å²) in [6.07, 6.45) is 0. The Bertz CT molecular complexity index is 1160. The summed E-state index contributed by atoms with van der Waals surface area (Å²) in [5.41, 5.74) is 0.729. The third-order valence-corrected chi connectivity index (χ3v) is 7.35. The fourth-order valence-electron chi connectivity index (χ4n) is 3.42. The molecular formula is C23H26ClN3O5S. The molecule has 0 aromatic heterocycles. The van der Waals surface area contributed by atoms with Gasteiger partial charge >= 0.3 is 0 Å². The Labute approximate surface area is 198 Å². The number of hydrogen-bond acceptors (Lipinski definition) is 5. The van der Waals surface area contributed by atoms with Crippen LogP contribution in [0.2, 0.25) is 5.02 Å². The zero-order valence-corrected chi connectivity index (χ0v) is 20.2. The van der Waals surface area contributed by atoms with Crippen molar-refractivity contribution in [3.05, 3.63) is 64.7 Å². The Morgan fingerprint density at radius 1 is 1.06 bits per heavy atom. The highest BCUT2D eigenvalue weighted by atomic mass is 35.5. The van der Waals surface area contributed by atoms with Crippen molar-refractivity contribution in [2.75, 3.05) is 13.1 Å². The number of carbonyl (C=O) groups excluding carboxylic acids is 3. The smallest absolute Gasteiger partial charge is 0.269 e. The minimum Gasteiger partial charge on any atom is -0.354 e. The highest BCUT2D eigenvalue weighted by molar-refractivity contribution is 7.90. The quantitative estimate of drug-likeness (QED) is 0.611. The highest BCUT2D eigenvalue weighted by Gasteiger charge is 2.43. The summed E-state index contributed by atoms with van der Waals surface area (Å²) in [5.74, 6) is -1.58. The van der Waals surface area contributed by atoms with Crippen LogP contribution in [0.25, 0.3) is 0 Å². The van der Waals surface area contributed by atoms with Crippen LogP contribution < -0.4 is 5.32 Å². The third kappa shape index (κ3) is 5.36. The van der Waals surface area contributed by atoms with Crippen molar-refractivity contribution < 1.29 is 22.8 Å². The van der Waals surface area contributed by atoms with E-state index in [0.717, 1.165) is 0 Å². The van der Waals surface area contributed by atoms with Gasteiger partial charge in [-0.15, -0.1) is 0 Å². The van der Waals surface area contributed by atoms with Gasteiger partial charge in [0.15, 0.2) is 0 Å². The molecule has 176 valence electrons. The second-order valence-electron chi connectivity index (χ2n) is 8.28. The zero-order valence-electron chi connectivity index (χ0n) is 18.6. The molecule has 0 spiro atoms. The number of benzene rings is 2. The fraction of sp³-hybridized carbons (Fsp3) is 0.348. The van der Waals surface area contributed by atoms with Crippen molar-refractivity contribution in [3.8, 4) is 0 Å². The molecule has 1 aliphatic rings. The van der Waals surface area contributed by atoms with E-state index in [9.17, 15) is 22.8 Å². The summed E-state index contributed by atoms with van der Waals surface area (Å²) < 4.78 is 26.3. The number of nitrogens with zero attached hydrogens (tertiary/aromatic N) is 2. The molecule has 8 nitrogen and oxygen atoms in total. The largest absolute Gasteiger partial charge is 0.354 e. The maximum Gasteiger partial charge on any atom is 0.269 e. The van der Waals surface area contributed by atoms with E-state index >= 15 is 0 Å². The normalized spacial score (nSPS) is 15.3. The van der Waals surface area contributed by atoms with E-state index in [2.05, 4.69) is 5.32 Å². The first kappa shape index (κ1) is 24.7. The average molecular weight is 492 g/mol. The van der Waals surface area contributed by atoms with Crippen molar-refractivity contribution in [3.63, 3.8) is 0 Å². The van der Waals surface area contributed by atoms with Crippen LogP contribution in [-0.2, 0) is 26.2 Å². The molecule has 0 radical (unpaired) electrons. The van der Waals surface area contributed by atoms with E-state index in [1.54, 1.807) is 37.3 Å². The monoisotopic (exact) mass is 491 g/mol. The Balaban J connectivity index is 1.86. The first-order valence-corrected chi connectivity index (χ1v) is 12.3. The molecule has 0 saturated carbocycles. The minimum absolute atomic E-state index is 0.0253. The lowest BCUT2D eigenvalue weighted by molar-refractivity contribution is -0.140. The van der Waals surface area contributed by atoms with Crippen LogP contribution in [0, 0.1) is 5.92 Å². The van der Waals surface area contributed by atoms with Crippen molar-refractivity contribution in [1.82, 2.24) is 14.5 Å². The third-order valence-electron chi connectivity index (χ3n) is 5.31. The summed E-state index contributed by atoms with van der Waals surface area (Å²) in [4.78, 5) is 39.9. The molecule has 3 rings (SSSR count). The van der Waals surface area contributed by atoms with E-state index in [1.807, 2.05) is 13.8 Å². The van der Waals surface area contributed by atoms with Crippen LogP contribution in [0.3, 0.4) is 0 Å². The molecule has 0 unspecified atom stereocenters. The van der Waals surface area contributed by atoms with Gasteiger partial charge in [-0.25, -0.2) is 12.7 Å². The molecule has 10 heteroatoms. The first-order valence-electron chi connectivity index (χ1n) is 10.5. The van der Waals surface area contributed by atoms with Gasteiger partial charge in [-0.05, 0) is 42.7 Å². The molecule has 0 aliphatic carbocycles. The SMILES string of the molecule is CC(C)CNC(=O)[C@H](C)N(Cc1ccc(Cl)cc1)C(=O)CN1C(=O)c2ccccc2S1(=O)=O. The lowest BCUT2D eigenvalue weighted by Crippen LogP contribution is -2.51. The van der Waals surface area contributed by atoms with Crippen LogP contribution in [0.4, 0.5) is 0 Å². The second kappa shape index (κ2) is 9.93. The van der Waals surface area contributed by atoms with Crippen LogP contribution >= 0.6 is 11.6 Å². The van der Waals surface area contributed by atoms with Crippen molar-refractivity contribution in [1.29, 1.82) is 0 Å². The van der Waals surface area contributed by atoms with Gasteiger partial charge in [-0.3, -0.25) is 14.4 Å². The van der Waals surface area contributed by atoms with Gasteiger partial charge < -0.3 is 10.2 Å². The molecule has 2 aromatic rings. The molecule has 3 amide bonds. The van der Waals surface area contributed by atoms with E-state index in [4.69, 9.17) is 11.6 Å². The summed E-state index contributed by atoms with van der Waals surface area (Å²) in [6, 6.07) is 11.7. The van der Waals surface area contributed by atoms with Gasteiger partial charge in [0.05, 0.1) is 5.56 Å². The van der Waals surface area contributed by atoms with Gasteiger partial charge in [-0.1, -0.05) is 49.7 Å². The number of hydrogen-bond donors (Lipinski definition) is 1. The Hall–Kier alpha value is -2.91.